The third-order valence-electron chi connectivity index (χ3n) is 6.52. The molecule has 39 heavy (non-hydrogen) atoms. The van der Waals surface area contributed by atoms with Gasteiger partial charge in [-0.1, -0.05) is 46.8 Å². The van der Waals surface area contributed by atoms with Crippen molar-refractivity contribution in [2.45, 2.75) is 38.0 Å². The molecule has 0 atom stereocenters. The standard InChI is InChI=1S/C27H23BrClN5O5/c1-38-23-13-19(29)11-17(25(23)39-24-10-8-20(15-30-24)34(36)37)14-31-33-26(16-5-3-2-4-6-16)32-22-9-7-18(28)12-21(22)27(33)35/h7-16H,2-6H2,1H3. The number of ether oxygens (including phenoxy) is 2. The van der Waals surface area contributed by atoms with Crippen LogP contribution in [-0.4, -0.2) is 32.9 Å². The van der Waals surface area contributed by atoms with Gasteiger partial charge in [0.25, 0.3) is 11.2 Å². The average molecular weight is 613 g/mol. The lowest BCUT2D eigenvalue weighted by atomic mass is 9.88. The number of hydrogen-bond acceptors (Lipinski definition) is 8. The lowest BCUT2D eigenvalue weighted by molar-refractivity contribution is -0.385. The number of aromatic nitrogens is 3. The van der Waals surface area contributed by atoms with Gasteiger partial charge in [0.05, 0.1) is 29.2 Å². The van der Waals surface area contributed by atoms with Crippen molar-refractivity contribution in [2.75, 3.05) is 7.11 Å². The molecular weight excluding hydrogens is 590 g/mol. The maximum atomic E-state index is 13.7. The van der Waals surface area contributed by atoms with Gasteiger partial charge < -0.3 is 9.47 Å². The second kappa shape index (κ2) is 11.5. The van der Waals surface area contributed by atoms with Crippen molar-refractivity contribution in [2.24, 2.45) is 5.10 Å². The van der Waals surface area contributed by atoms with Crippen LogP contribution >= 0.6 is 27.5 Å². The molecule has 12 heteroatoms. The molecule has 200 valence electrons. The highest BCUT2D eigenvalue weighted by molar-refractivity contribution is 9.10. The van der Waals surface area contributed by atoms with Gasteiger partial charge in [0, 0.05) is 39.2 Å². The van der Waals surface area contributed by atoms with E-state index in [1.54, 1.807) is 18.2 Å². The largest absolute Gasteiger partial charge is 0.493 e. The van der Waals surface area contributed by atoms with Crippen LogP contribution in [0.25, 0.3) is 10.9 Å². The Balaban J connectivity index is 1.61. The van der Waals surface area contributed by atoms with Crippen molar-refractivity contribution in [3.05, 3.63) is 90.0 Å². The molecule has 1 aliphatic rings. The molecule has 2 aromatic heterocycles. The zero-order valence-corrected chi connectivity index (χ0v) is 23.2. The fourth-order valence-electron chi connectivity index (χ4n) is 4.61. The number of nitrogens with zero attached hydrogens (tertiary/aromatic N) is 5. The van der Waals surface area contributed by atoms with Gasteiger partial charge in [0.1, 0.15) is 12.0 Å². The second-order valence-electron chi connectivity index (χ2n) is 9.07. The van der Waals surface area contributed by atoms with Crippen LogP contribution in [0.15, 0.2) is 63.0 Å². The van der Waals surface area contributed by atoms with E-state index < -0.39 is 4.92 Å². The first kappa shape index (κ1) is 26.8. The first-order valence-corrected chi connectivity index (χ1v) is 13.4. The summed E-state index contributed by atoms with van der Waals surface area (Å²) in [5.41, 5.74) is 0.576. The van der Waals surface area contributed by atoms with E-state index in [1.165, 1.54) is 30.1 Å². The summed E-state index contributed by atoms with van der Waals surface area (Å²) < 4.78 is 13.5. The summed E-state index contributed by atoms with van der Waals surface area (Å²) >= 11 is 9.78. The van der Waals surface area contributed by atoms with Gasteiger partial charge in [0.15, 0.2) is 11.5 Å². The molecule has 0 spiro atoms. The Bertz CT molecular complexity index is 1630. The summed E-state index contributed by atoms with van der Waals surface area (Å²) in [7, 11) is 1.46. The number of pyridine rings is 1. The van der Waals surface area contributed by atoms with Gasteiger partial charge >= 0.3 is 0 Å². The van der Waals surface area contributed by atoms with Gasteiger partial charge in [-0.05, 0) is 37.1 Å². The molecule has 1 fully saturated rings. The summed E-state index contributed by atoms with van der Waals surface area (Å²) in [6.45, 7) is 0. The topological polar surface area (TPSA) is 122 Å². The van der Waals surface area contributed by atoms with Crippen molar-refractivity contribution in [1.82, 2.24) is 14.6 Å². The van der Waals surface area contributed by atoms with Crippen LogP contribution < -0.4 is 15.0 Å². The number of nitro groups is 1. The SMILES string of the molecule is COc1cc(Cl)cc(C=Nn2c(C3CCCCC3)nc3ccc(Br)cc3c2=O)c1Oc1ccc([N+](=O)[O-])cn1. The van der Waals surface area contributed by atoms with E-state index >= 15 is 0 Å². The normalized spacial score (nSPS) is 14.1. The molecule has 0 N–H and O–H groups in total. The van der Waals surface area contributed by atoms with Gasteiger partial charge in [-0.3, -0.25) is 14.9 Å². The number of fused-ring (bicyclic) bond motifs is 1. The van der Waals surface area contributed by atoms with Crippen LogP contribution in [0.1, 0.15) is 49.4 Å². The molecule has 0 bridgehead atoms. The first-order chi connectivity index (χ1) is 18.8. The minimum atomic E-state index is -0.546. The van der Waals surface area contributed by atoms with Crippen molar-refractivity contribution in [1.29, 1.82) is 0 Å². The highest BCUT2D eigenvalue weighted by atomic mass is 79.9. The Morgan fingerprint density at radius 3 is 2.67 bits per heavy atom. The zero-order valence-electron chi connectivity index (χ0n) is 20.8. The molecule has 1 aliphatic carbocycles. The van der Waals surface area contributed by atoms with E-state index in [0.29, 0.717) is 33.1 Å². The molecular formula is C27H23BrClN5O5. The van der Waals surface area contributed by atoms with Gasteiger partial charge in [0.2, 0.25) is 5.88 Å². The lowest BCUT2D eigenvalue weighted by Crippen LogP contribution is -2.25. The molecule has 4 aromatic rings. The predicted octanol–water partition coefficient (Wildman–Crippen LogP) is 6.85. The minimum Gasteiger partial charge on any atom is -0.493 e. The summed E-state index contributed by atoms with van der Waals surface area (Å²) in [6, 6.07) is 11.3. The molecule has 2 heterocycles. The van der Waals surface area contributed by atoms with Crippen molar-refractivity contribution < 1.29 is 14.4 Å². The van der Waals surface area contributed by atoms with Crippen LogP contribution in [0, 0.1) is 10.1 Å². The Kier molecular flexibility index (Phi) is 7.89. The third-order valence-corrected chi connectivity index (χ3v) is 7.23. The van der Waals surface area contributed by atoms with Gasteiger partial charge in [-0.25, -0.2) is 9.97 Å². The molecule has 10 nitrogen and oxygen atoms in total. The van der Waals surface area contributed by atoms with Crippen LogP contribution in [0.5, 0.6) is 17.4 Å². The first-order valence-electron chi connectivity index (χ1n) is 12.3. The molecule has 0 aliphatic heterocycles. The quantitative estimate of drug-likeness (QED) is 0.127. The third kappa shape index (κ3) is 5.79. The number of hydrogen-bond donors (Lipinski definition) is 0. The Morgan fingerprint density at radius 1 is 1.18 bits per heavy atom. The van der Waals surface area contributed by atoms with Crippen molar-refractivity contribution in [3.63, 3.8) is 0 Å². The molecule has 0 radical (unpaired) electrons. The fourth-order valence-corrected chi connectivity index (χ4v) is 5.19. The average Bonchev–Trinajstić information content (AvgIpc) is 2.94. The minimum absolute atomic E-state index is 0.102. The predicted molar refractivity (Wildman–Crippen MR) is 151 cm³/mol. The smallest absolute Gasteiger partial charge is 0.287 e. The summed E-state index contributed by atoms with van der Waals surface area (Å²) in [5.74, 6) is 1.35. The second-order valence-corrected chi connectivity index (χ2v) is 10.4. The fraction of sp³-hybridized carbons (Fsp3) is 0.259. The van der Waals surface area contributed by atoms with E-state index in [4.69, 9.17) is 26.1 Å². The van der Waals surface area contributed by atoms with E-state index in [-0.39, 0.29) is 28.8 Å². The Labute approximate surface area is 236 Å². The van der Waals surface area contributed by atoms with E-state index in [1.807, 2.05) is 12.1 Å². The number of rotatable bonds is 7. The summed E-state index contributed by atoms with van der Waals surface area (Å²) in [5, 5.41) is 16.4. The maximum absolute atomic E-state index is 13.7. The van der Waals surface area contributed by atoms with Crippen molar-refractivity contribution >= 4 is 50.3 Å². The maximum Gasteiger partial charge on any atom is 0.287 e. The molecule has 1 saturated carbocycles. The number of halogens is 2. The molecule has 0 saturated heterocycles. The van der Waals surface area contributed by atoms with E-state index in [9.17, 15) is 14.9 Å². The highest BCUT2D eigenvalue weighted by Gasteiger charge is 2.23. The van der Waals surface area contributed by atoms with Crippen LogP contribution in [0.2, 0.25) is 5.02 Å². The number of benzene rings is 2. The monoisotopic (exact) mass is 611 g/mol. The van der Waals surface area contributed by atoms with Crippen LogP contribution in [-0.2, 0) is 0 Å². The Morgan fingerprint density at radius 2 is 1.97 bits per heavy atom. The molecule has 0 unspecified atom stereocenters. The lowest BCUT2D eigenvalue weighted by Gasteiger charge is -2.22. The molecule has 0 amide bonds. The summed E-state index contributed by atoms with van der Waals surface area (Å²) in [6.07, 6.45) is 7.70. The van der Waals surface area contributed by atoms with Crippen molar-refractivity contribution in [3.8, 4) is 17.4 Å². The van der Waals surface area contributed by atoms with Gasteiger partial charge in [-0.15, -0.1) is 0 Å². The molecule has 5 rings (SSSR count). The van der Waals surface area contributed by atoms with E-state index in [2.05, 4.69) is 26.0 Å². The van der Waals surface area contributed by atoms with Gasteiger partial charge in [-0.2, -0.15) is 9.78 Å². The number of methoxy groups -OCH3 is 1. The van der Waals surface area contributed by atoms with Crippen LogP contribution in [0.3, 0.4) is 0 Å². The van der Waals surface area contributed by atoms with Crippen LogP contribution in [0.4, 0.5) is 5.69 Å². The zero-order chi connectivity index (χ0) is 27.5. The summed E-state index contributed by atoms with van der Waals surface area (Å²) in [4.78, 5) is 33.0. The molecule has 2 aromatic carbocycles. The van der Waals surface area contributed by atoms with E-state index in [0.717, 1.165) is 42.8 Å². The highest BCUT2D eigenvalue weighted by Crippen LogP contribution is 2.37. The Hall–Kier alpha value is -3.83.